The van der Waals surface area contributed by atoms with Gasteiger partial charge in [0.1, 0.15) is 5.75 Å². The van der Waals surface area contributed by atoms with E-state index in [4.69, 9.17) is 4.74 Å². The maximum atomic E-state index is 5.78. The third-order valence-corrected chi connectivity index (χ3v) is 4.10. The van der Waals surface area contributed by atoms with Crippen molar-refractivity contribution in [2.75, 3.05) is 13.7 Å². The van der Waals surface area contributed by atoms with Crippen LogP contribution in [0.4, 0.5) is 0 Å². The first-order chi connectivity index (χ1) is 8.60. The Balaban J connectivity index is 2.09. The van der Waals surface area contributed by atoms with Gasteiger partial charge >= 0.3 is 0 Å². The topological polar surface area (TPSA) is 21.3 Å². The molecule has 1 aromatic rings. The van der Waals surface area contributed by atoms with Crippen LogP contribution in [0.25, 0.3) is 0 Å². The van der Waals surface area contributed by atoms with Gasteiger partial charge in [0.2, 0.25) is 0 Å². The first kappa shape index (κ1) is 13.9. The number of fused-ring (bicyclic) bond motifs is 1. The van der Waals surface area contributed by atoms with Crippen LogP contribution in [0.1, 0.15) is 31.4 Å². The van der Waals surface area contributed by atoms with Crippen LogP contribution in [0, 0.1) is 5.92 Å². The largest absolute Gasteiger partial charge is 0.493 e. The van der Waals surface area contributed by atoms with Crippen molar-refractivity contribution in [2.24, 2.45) is 5.92 Å². The van der Waals surface area contributed by atoms with Crippen LogP contribution in [0.2, 0.25) is 0 Å². The van der Waals surface area contributed by atoms with Crippen molar-refractivity contribution < 1.29 is 4.74 Å². The molecule has 0 radical (unpaired) electrons. The Morgan fingerprint density at radius 2 is 2.17 bits per heavy atom. The summed E-state index contributed by atoms with van der Waals surface area (Å²) in [6, 6.07) is 4.97. The molecule has 1 aliphatic rings. The molecule has 0 bridgehead atoms. The van der Waals surface area contributed by atoms with Gasteiger partial charge in [-0.05, 0) is 56.0 Å². The van der Waals surface area contributed by atoms with Gasteiger partial charge in [-0.2, -0.15) is 0 Å². The van der Waals surface area contributed by atoms with E-state index in [1.165, 1.54) is 22.0 Å². The van der Waals surface area contributed by atoms with Crippen LogP contribution in [-0.4, -0.2) is 19.7 Å². The number of rotatable bonds is 5. The zero-order chi connectivity index (χ0) is 13.1. The van der Waals surface area contributed by atoms with Crippen molar-refractivity contribution in [2.45, 2.75) is 39.2 Å². The Bertz CT molecular complexity index is 419. The minimum Gasteiger partial charge on any atom is -0.493 e. The molecule has 2 unspecified atom stereocenters. The average molecular weight is 312 g/mol. The lowest BCUT2D eigenvalue weighted by molar-refractivity contribution is 0.349. The van der Waals surface area contributed by atoms with E-state index < -0.39 is 0 Å². The van der Waals surface area contributed by atoms with E-state index in [-0.39, 0.29) is 0 Å². The summed E-state index contributed by atoms with van der Waals surface area (Å²) in [5, 5.41) is 3.30. The van der Waals surface area contributed by atoms with Gasteiger partial charge in [0.25, 0.3) is 0 Å². The van der Waals surface area contributed by atoms with E-state index in [0.717, 1.165) is 25.2 Å². The van der Waals surface area contributed by atoms with Crippen molar-refractivity contribution in [1.82, 2.24) is 5.32 Å². The summed E-state index contributed by atoms with van der Waals surface area (Å²) in [6.45, 7) is 5.38. The Morgan fingerprint density at radius 3 is 2.89 bits per heavy atom. The minimum atomic E-state index is 0.570. The lowest BCUT2D eigenvalue weighted by Crippen LogP contribution is -2.24. The third kappa shape index (κ3) is 3.27. The van der Waals surface area contributed by atoms with Crippen LogP contribution < -0.4 is 10.1 Å². The second-order valence-corrected chi connectivity index (χ2v) is 6.30. The summed E-state index contributed by atoms with van der Waals surface area (Å²) in [7, 11) is 2.03. The lowest BCUT2D eigenvalue weighted by atomic mass is 9.93. The zero-order valence-electron chi connectivity index (χ0n) is 11.4. The monoisotopic (exact) mass is 311 g/mol. The molecule has 2 rings (SSSR count). The summed E-state index contributed by atoms with van der Waals surface area (Å²) >= 11 is 3.60. The van der Waals surface area contributed by atoms with Crippen LogP contribution in [0.3, 0.4) is 0 Å². The second kappa shape index (κ2) is 6.07. The predicted molar refractivity (Wildman–Crippen MR) is 79.3 cm³/mol. The van der Waals surface area contributed by atoms with Gasteiger partial charge in [-0.15, -0.1) is 0 Å². The fraction of sp³-hybridized carbons (Fsp3) is 0.600. The molecule has 3 heteroatoms. The molecular formula is C15H22BrNO. The number of hydrogen-bond donors (Lipinski definition) is 1. The maximum absolute atomic E-state index is 5.78. The molecular weight excluding hydrogens is 290 g/mol. The highest BCUT2D eigenvalue weighted by Crippen LogP contribution is 2.34. The molecule has 0 aromatic heterocycles. The Hall–Kier alpha value is -0.540. The van der Waals surface area contributed by atoms with Gasteiger partial charge < -0.3 is 10.1 Å². The van der Waals surface area contributed by atoms with Gasteiger partial charge in [0.05, 0.1) is 6.61 Å². The molecule has 2 atom stereocenters. The highest BCUT2D eigenvalue weighted by Gasteiger charge is 2.19. The fourth-order valence-electron chi connectivity index (χ4n) is 2.68. The smallest absolute Gasteiger partial charge is 0.125 e. The summed E-state index contributed by atoms with van der Waals surface area (Å²) in [6.07, 6.45) is 3.33. The third-order valence-electron chi connectivity index (χ3n) is 3.64. The van der Waals surface area contributed by atoms with E-state index in [1.807, 2.05) is 7.05 Å². The van der Waals surface area contributed by atoms with Gasteiger partial charge in [-0.3, -0.25) is 0 Å². The molecule has 0 amide bonds. The van der Waals surface area contributed by atoms with Crippen LogP contribution >= 0.6 is 15.9 Å². The average Bonchev–Trinajstić information content (AvgIpc) is 2.76. The number of hydrogen-bond acceptors (Lipinski definition) is 2. The molecule has 0 fully saturated rings. The number of nitrogens with one attached hydrogen (secondary N) is 1. The Morgan fingerprint density at radius 1 is 1.39 bits per heavy atom. The normalized spacial score (nSPS) is 17.1. The van der Waals surface area contributed by atoms with Gasteiger partial charge in [0.15, 0.2) is 0 Å². The second-order valence-electron chi connectivity index (χ2n) is 5.39. The van der Waals surface area contributed by atoms with Gasteiger partial charge in [0, 0.05) is 16.9 Å². The molecule has 0 aliphatic carbocycles. The van der Waals surface area contributed by atoms with Gasteiger partial charge in [-0.1, -0.05) is 22.9 Å². The minimum absolute atomic E-state index is 0.570. The zero-order valence-corrected chi connectivity index (χ0v) is 13.0. The lowest BCUT2D eigenvalue weighted by Gasteiger charge is -2.18. The van der Waals surface area contributed by atoms with Crippen molar-refractivity contribution in [3.63, 3.8) is 0 Å². The summed E-state index contributed by atoms with van der Waals surface area (Å²) in [5.41, 5.74) is 2.71. The highest BCUT2D eigenvalue weighted by molar-refractivity contribution is 9.10. The van der Waals surface area contributed by atoms with Crippen LogP contribution in [0.5, 0.6) is 5.75 Å². The molecule has 0 saturated heterocycles. The number of benzene rings is 1. The number of ether oxygens (including phenoxy) is 1. The summed E-state index contributed by atoms with van der Waals surface area (Å²) in [5.74, 6) is 1.80. The molecule has 0 saturated carbocycles. The van der Waals surface area contributed by atoms with E-state index in [0.29, 0.717) is 12.0 Å². The van der Waals surface area contributed by atoms with E-state index in [9.17, 15) is 0 Å². The first-order valence-electron chi connectivity index (χ1n) is 6.71. The first-order valence-corrected chi connectivity index (χ1v) is 7.50. The van der Waals surface area contributed by atoms with Crippen LogP contribution in [0.15, 0.2) is 16.6 Å². The molecule has 1 aliphatic heterocycles. The van der Waals surface area contributed by atoms with Crippen molar-refractivity contribution in [1.29, 1.82) is 0 Å². The molecule has 100 valence electrons. The molecule has 2 nitrogen and oxygen atoms in total. The quantitative estimate of drug-likeness (QED) is 0.897. The fourth-order valence-corrected chi connectivity index (χ4v) is 3.23. The molecule has 1 heterocycles. The molecule has 0 spiro atoms. The van der Waals surface area contributed by atoms with Crippen LogP contribution in [-0.2, 0) is 12.8 Å². The van der Waals surface area contributed by atoms with Crippen molar-refractivity contribution in [3.05, 3.63) is 27.7 Å². The molecule has 1 N–H and O–H groups in total. The molecule has 18 heavy (non-hydrogen) atoms. The predicted octanol–water partition coefficient (Wildman–Crippen LogP) is 3.56. The summed E-state index contributed by atoms with van der Waals surface area (Å²) in [4.78, 5) is 0. The van der Waals surface area contributed by atoms with Crippen molar-refractivity contribution in [3.8, 4) is 5.75 Å². The van der Waals surface area contributed by atoms with E-state index in [1.54, 1.807) is 0 Å². The van der Waals surface area contributed by atoms with Gasteiger partial charge in [-0.25, -0.2) is 0 Å². The maximum Gasteiger partial charge on any atom is 0.125 e. The standard InChI is InChI=1S/C15H22BrNO/c1-10(6-11(2)17-3)7-13-9-14(16)8-12-4-5-18-15(12)13/h8-11,17H,4-7H2,1-3H3. The SMILES string of the molecule is CNC(C)CC(C)Cc1cc(Br)cc2c1OCC2. The highest BCUT2D eigenvalue weighted by atomic mass is 79.9. The van der Waals surface area contributed by atoms with Crippen molar-refractivity contribution >= 4 is 15.9 Å². The Kier molecular flexibility index (Phi) is 4.68. The number of halogens is 1. The molecule has 1 aromatic carbocycles. The van der Waals surface area contributed by atoms with E-state index >= 15 is 0 Å². The summed E-state index contributed by atoms with van der Waals surface area (Å²) < 4.78 is 6.96. The Labute approximate surface area is 118 Å². The van der Waals surface area contributed by atoms with E-state index in [2.05, 4.69) is 47.2 Å².